The lowest BCUT2D eigenvalue weighted by atomic mass is 10.2. The first kappa shape index (κ1) is 17.7. The lowest BCUT2D eigenvalue weighted by Gasteiger charge is -2.19. The van der Waals surface area contributed by atoms with Crippen LogP contribution in [0.5, 0.6) is 0 Å². The highest BCUT2D eigenvalue weighted by Gasteiger charge is 2.19. The summed E-state index contributed by atoms with van der Waals surface area (Å²) >= 11 is 0. The number of primary amides is 1. The fraction of sp³-hybridized carbons (Fsp3) is 0.636. The van der Waals surface area contributed by atoms with Gasteiger partial charge >= 0.3 is 12.0 Å². The minimum Gasteiger partial charge on any atom is -0.480 e. The van der Waals surface area contributed by atoms with E-state index in [2.05, 4.69) is 10.6 Å². The molecule has 0 saturated carbocycles. The van der Waals surface area contributed by atoms with Crippen molar-refractivity contribution in [2.45, 2.75) is 13.8 Å². The van der Waals surface area contributed by atoms with Gasteiger partial charge in [0.2, 0.25) is 11.8 Å². The van der Waals surface area contributed by atoms with Crippen LogP contribution in [0.2, 0.25) is 0 Å². The Balaban J connectivity index is 4.27. The number of hydrogen-bond acceptors (Lipinski definition) is 4. The van der Waals surface area contributed by atoms with Gasteiger partial charge in [-0.1, -0.05) is 13.8 Å². The Morgan fingerprint density at radius 3 is 2.20 bits per heavy atom. The van der Waals surface area contributed by atoms with Gasteiger partial charge in [-0.2, -0.15) is 0 Å². The number of carboxylic acids is 1. The van der Waals surface area contributed by atoms with Crippen molar-refractivity contribution in [3.8, 4) is 0 Å². The third-order valence-electron chi connectivity index (χ3n) is 2.07. The van der Waals surface area contributed by atoms with E-state index >= 15 is 0 Å². The molecule has 0 fully saturated rings. The monoisotopic (exact) mass is 288 g/mol. The third kappa shape index (κ3) is 8.72. The second kappa shape index (κ2) is 8.73. The lowest BCUT2D eigenvalue weighted by Crippen LogP contribution is -2.49. The molecule has 114 valence electrons. The molecule has 0 aromatic heterocycles. The van der Waals surface area contributed by atoms with Crippen molar-refractivity contribution in [3.05, 3.63) is 0 Å². The number of carbonyl (C=O) groups excluding carboxylic acids is 3. The van der Waals surface area contributed by atoms with Crippen LogP contribution in [0.1, 0.15) is 13.8 Å². The third-order valence-corrected chi connectivity index (χ3v) is 2.07. The standard InChI is InChI=1S/C11H20N4O5/c1-7(2)3-13-9(17)4-14-11(20)15(5-8(12)16)6-10(18)19/h7H,3-6H2,1-2H3,(H2,12,16)(H,13,17)(H,14,20)(H,18,19). The van der Waals surface area contributed by atoms with Gasteiger partial charge in [0.1, 0.15) is 13.1 Å². The summed E-state index contributed by atoms with van der Waals surface area (Å²) in [6.45, 7) is 2.78. The SMILES string of the molecule is CC(C)CNC(=O)CNC(=O)N(CC(N)=O)CC(=O)O. The molecule has 0 spiro atoms. The molecule has 0 aliphatic rings. The number of rotatable bonds is 8. The maximum atomic E-state index is 11.6. The zero-order valence-corrected chi connectivity index (χ0v) is 11.5. The molecule has 0 saturated heterocycles. The Labute approximate surface area is 116 Å². The number of hydrogen-bond donors (Lipinski definition) is 4. The zero-order valence-electron chi connectivity index (χ0n) is 11.5. The van der Waals surface area contributed by atoms with Crippen LogP contribution < -0.4 is 16.4 Å². The van der Waals surface area contributed by atoms with Crippen molar-refractivity contribution in [2.75, 3.05) is 26.2 Å². The van der Waals surface area contributed by atoms with E-state index in [9.17, 15) is 19.2 Å². The van der Waals surface area contributed by atoms with E-state index < -0.39 is 36.9 Å². The maximum absolute atomic E-state index is 11.6. The maximum Gasteiger partial charge on any atom is 0.323 e. The molecule has 9 nitrogen and oxygen atoms in total. The van der Waals surface area contributed by atoms with Crippen molar-refractivity contribution >= 4 is 23.8 Å². The number of carboxylic acid groups (broad SMARTS) is 1. The van der Waals surface area contributed by atoms with Crippen LogP contribution in [-0.4, -0.2) is 60.0 Å². The molecule has 0 aliphatic carbocycles. The van der Waals surface area contributed by atoms with Gasteiger partial charge in [0.15, 0.2) is 0 Å². The molecule has 0 rings (SSSR count). The van der Waals surface area contributed by atoms with Crippen LogP contribution >= 0.6 is 0 Å². The quantitative estimate of drug-likeness (QED) is 0.423. The highest BCUT2D eigenvalue weighted by atomic mass is 16.4. The van der Waals surface area contributed by atoms with Crippen LogP contribution in [0.4, 0.5) is 4.79 Å². The van der Waals surface area contributed by atoms with E-state index in [1.54, 1.807) is 0 Å². The molecule has 0 aliphatic heterocycles. The summed E-state index contributed by atoms with van der Waals surface area (Å²) in [5.41, 5.74) is 4.91. The van der Waals surface area contributed by atoms with Gasteiger partial charge in [0, 0.05) is 6.54 Å². The number of amides is 4. The number of nitrogens with zero attached hydrogens (tertiary/aromatic N) is 1. The van der Waals surface area contributed by atoms with E-state index in [0.29, 0.717) is 11.4 Å². The molecule has 0 heterocycles. The summed E-state index contributed by atoms with van der Waals surface area (Å²) in [5.74, 6) is -2.26. The van der Waals surface area contributed by atoms with Crippen molar-refractivity contribution in [1.82, 2.24) is 15.5 Å². The smallest absolute Gasteiger partial charge is 0.323 e. The van der Waals surface area contributed by atoms with E-state index in [-0.39, 0.29) is 12.5 Å². The summed E-state index contributed by atoms with van der Waals surface area (Å²) in [5, 5.41) is 13.4. The second-order valence-electron chi connectivity index (χ2n) is 4.57. The molecule has 0 atom stereocenters. The van der Waals surface area contributed by atoms with Crippen LogP contribution in [0.3, 0.4) is 0 Å². The van der Waals surface area contributed by atoms with Gasteiger partial charge in [0.25, 0.3) is 0 Å². The Morgan fingerprint density at radius 1 is 1.15 bits per heavy atom. The molecule has 4 amide bonds. The van der Waals surface area contributed by atoms with E-state index in [4.69, 9.17) is 10.8 Å². The summed E-state index contributed by atoms with van der Waals surface area (Å²) in [6, 6.07) is -0.842. The fourth-order valence-corrected chi connectivity index (χ4v) is 1.20. The summed E-state index contributed by atoms with van der Waals surface area (Å²) in [6.07, 6.45) is 0. The fourth-order valence-electron chi connectivity index (χ4n) is 1.20. The normalized spacial score (nSPS) is 9.95. The van der Waals surface area contributed by atoms with Crippen LogP contribution in [-0.2, 0) is 14.4 Å². The molecule has 0 bridgehead atoms. The highest BCUT2D eigenvalue weighted by molar-refractivity contribution is 5.88. The predicted molar refractivity (Wildman–Crippen MR) is 69.6 cm³/mol. The van der Waals surface area contributed by atoms with E-state index in [1.165, 1.54) is 0 Å². The minimum atomic E-state index is -1.29. The Hall–Kier alpha value is -2.32. The molecular weight excluding hydrogens is 268 g/mol. The van der Waals surface area contributed by atoms with Crippen molar-refractivity contribution in [1.29, 1.82) is 0 Å². The van der Waals surface area contributed by atoms with Gasteiger partial charge in [0.05, 0.1) is 6.54 Å². The molecule has 0 radical (unpaired) electrons. The largest absolute Gasteiger partial charge is 0.480 e. The number of urea groups is 1. The second-order valence-corrected chi connectivity index (χ2v) is 4.57. The minimum absolute atomic E-state index is 0.271. The van der Waals surface area contributed by atoms with E-state index in [1.807, 2.05) is 13.8 Å². The predicted octanol–water partition coefficient (Wildman–Crippen LogP) is -1.66. The molecular formula is C11H20N4O5. The first-order valence-corrected chi connectivity index (χ1v) is 6.02. The van der Waals surface area contributed by atoms with Crippen molar-refractivity contribution in [3.63, 3.8) is 0 Å². The van der Waals surface area contributed by atoms with Crippen molar-refractivity contribution in [2.24, 2.45) is 11.7 Å². The van der Waals surface area contributed by atoms with Crippen LogP contribution in [0, 0.1) is 5.92 Å². The lowest BCUT2D eigenvalue weighted by molar-refractivity contribution is -0.137. The molecule has 20 heavy (non-hydrogen) atoms. The molecule has 0 aromatic rings. The number of nitrogens with one attached hydrogen (secondary N) is 2. The Bertz CT molecular complexity index is 367. The average Bonchev–Trinajstić information content (AvgIpc) is 2.31. The number of carbonyl (C=O) groups is 4. The topological polar surface area (TPSA) is 142 Å². The van der Waals surface area contributed by atoms with Gasteiger partial charge in [-0.15, -0.1) is 0 Å². The van der Waals surface area contributed by atoms with Gasteiger partial charge in [-0.3, -0.25) is 14.4 Å². The van der Waals surface area contributed by atoms with Crippen LogP contribution in [0.25, 0.3) is 0 Å². The first-order valence-electron chi connectivity index (χ1n) is 6.02. The van der Waals surface area contributed by atoms with Gasteiger partial charge < -0.3 is 26.4 Å². The summed E-state index contributed by atoms with van der Waals surface area (Å²) in [4.78, 5) is 45.0. The Morgan fingerprint density at radius 2 is 1.75 bits per heavy atom. The number of aliphatic carboxylic acids is 1. The van der Waals surface area contributed by atoms with Gasteiger partial charge in [-0.05, 0) is 5.92 Å². The Kier molecular flexibility index (Phi) is 7.71. The zero-order chi connectivity index (χ0) is 15.7. The molecule has 9 heteroatoms. The first-order chi connectivity index (χ1) is 9.22. The molecule has 0 aromatic carbocycles. The molecule has 0 unspecified atom stereocenters. The highest BCUT2D eigenvalue weighted by Crippen LogP contribution is 1.90. The summed E-state index contributed by atoms with van der Waals surface area (Å²) < 4.78 is 0. The average molecular weight is 288 g/mol. The number of nitrogens with two attached hydrogens (primary N) is 1. The van der Waals surface area contributed by atoms with Gasteiger partial charge in [-0.25, -0.2) is 4.79 Å². The summed E-state index contributed by atoms with van der Waals surface area (Å²) in [7, 11) is 0. The van der Waals surface area contributed by atoms with Crippen LogP contribution in [0.15, 0.2) is 0 Å². The van der Waals surface area contributed by atoms with Crippen molar-refractivity contribution < 1.29 is 24.3 Å². The molecule has 5 N–H and O–H groups in total. The van der Waals surface area contributed by atoms with E-state index in [0.717, 1.165) is 0 Å².